The topological polar surface area (TPSA) is 26.3 Å². The van der Waals surface area contributed by atoms with Crippen LogP contribution in [0.15, 0.2) is 12.2 Å². The van der Waals surface area contributed by atoms with Gasteiger partial charge in [-0.3, -0.25) is 4.79 Å². The molecule has 0 heterocycles. The van der Waals surface area contributed by atoms with E-state index >= 15 is 0 Å². The predicted octanol–water partition coefficient (Wildman–Crippen LogP) is 6.01. The van der Waals surface area contributed by atoms with E-state index in [2.05, 4.69) is 60.6 Å². The highest BCUT2D eigenvalue weighted by Gasteiger charge is 2.53. The first-order chi connectivity index (χ1) is 11.4. The summed E-state index contributed by atoms with van der Waals surface area (Å²) in [5.41, 5.74) is -0.191. The Hall–Kier alpha value is -0.790. The lowest BCUT2D eigenvalue weighted by molar-refractivity contribution is -0.174. The molecule has 0 saturated heterocycles. The van der Waals surface area contributed by atoms with E-state index in [9.17, 15) is 4.79 Å². The van der Waals surface area contributed by atoms with Crippen LogP contribution in [-0.4, -0.2) is 11.6 Å². The summed E-state index contributed by atoms with van der Waals surface area (Å²) in [4.78, 5) is 13.2. The smallest absolute Gasteiger partial charge is 0.310 e. The quantitative estimate of drug-likeness (QED) is 0.462. The molecule has 3 rings (SSSR count). The van der Waals surface area contributed by atoms with E-state index in [1.165, 1.54) is 12.8 Å². The lowest BCUT2D eigenvalue weighted by Gasteiger charge is -2.41. The number of ether oxygens (including phenoxy) is 1. The van der Waals surface area contributed by atoms with E-state index in [1.807, 2.05) is 0 Å². The standard InChI is InChI=1S/C23H38O2/c1-21(2,3)14-19(22(4,5)6)20(24)25-23(7)12-15-11-16(13-23)18-10-8-9-17(15)18/h8-9,15-19H,10-14H2,1-7H3. The zero-order chi connectivity index (χ0) is 18.6. The molecular formula is C23H38O2. The van der Waals surface area contributed by atoms with Crippen LogP contribution in [0.25, 0.3) is 0 Å². The summed E-state index contributed by atoms with van der Waals surface area (Å²) in [6.07, 6.45) is 10.4. The number of hydrogen-bond donors (Lipinski definition) is 0. The number of hydrogen-bond acceptors (Lipinski definition) is 2. The van der Waals surface area contributed by atoms with Gasteiger partial charge in [0.05, 0.1) is 5.92 Å². The van der Waals surface area contributed by atoms with Gasteiger partial charge in [-0.25, -0.2) is 0 Å². The number of esters is 1. The Balaban J connectivity index is 1.72. The van der Waals surface area contributed by atoms with Crippen LogP contribution in [0.3, 0.4) is 0 Å². The number of allylic oxidation sites excluding steroid dienone is 2. The van der Waals surface area contributed by atoms with Crippen LogP contribution in [-0.2, 0) is 9.53 Å². The van der Waals surface area contributed by atoms with E-state index in [0.717, 1.165) is 42.9 Å². The van der Waals surface area contributed by atoms with E-state index in [0.29, 0.717) is 0 Å². The molecule has 25 heavy (non-hydrogen) atoms. The van der Waals surface area contributed by atoms with Crippen LogP contribution in [0.4, 0.5) is 0 Å². The van der Waals surface area contributed by atoms with Crippen molar-refractivity contribution in [3.63, 3.8) is 0 Å². The minimum atomic E-state index is -0.260. The highest BCUT2D eigenvalue weighted by molar-refractivity contribution is 5.74. The van der Waals surface area contributed by atoms with Gasteiger partial charge >= 0.3 is 5.97 Å². The Labute approximate surface area is 154 Å². The Kier molecular flexibility index (Phi) is 4.66. The van der Waals surface area contributed by atoms with E-state index in [4.69, 9.17) is 4.74 Å². The first-order valence-corrected chi connectivity index (χ1v) is 10.3. The fourth-order valence-electron chi connectivity index (χ4n) is 5.83. The molecule has 2 bridgehead atoms. The molecule has 0 aliphatic heterocycles. The van der Waals surface area contributed by atoms with E-state index in [1.54, 1.807) is 0 Å². The molecule has 0 N–H and O–H groups in total. The molecule has 2 heteroatoms. The van der Waals surface area contributed by atoms with Crippen molar-refractivity contribution in [3.05, 3.63) is 12.2 Å². The average Bonchev–Trinajstić information content (AvgIpc) is 2.98. The van der Waals surface area contributed by atoms with E-state index in [-0.39, 0.29) is 28.3 Å². The number of fused-ring (bicyclic) bond motifs is 5. The lowest BCUT2D eigenvalue weighted by atomic mass is 9.71. The molecule has 0 aromatic rings. The average molecular weight is 347 g/mol. The van der Waals surface area contributed by atoms with Crippen LogP contribution in [0, 0.1) is 40.4 Å². The van der Waals surface area contributed by atoms with Crippen LogP contribution < -0.4 is 0 Å². The SMILES string of the molecule is CC(C)(C)CC(C(=O)OC1(C)CC2CC(C1)C1CC=CC21)C(C)(C)C. The van der Waals surface area contributed by atoms with Gasteiger partial charge in [0.25, 0.3) is 0 Å². The summed E-state index contributed by atoms with van der Waals surface area (Å²) in [7, 11) is 0. The third-order valence-electron chi connectivity index (χ3n) is 6.90. The molecule has 0 aromatic carbocycles. The second-order valence-corrected chi connectivity index (χ2v) is 11.6. The maximum atomic E-state index is 13.2. The normalized spacial score (nSPS) is 38.5. The molecule has 6 atom stereocenters. The number of rotatable bonds is 3. The third-order valence-corrected chi connectivity index (χ3v) is 6.90. The fourth-order valence-corrected chi connectivity index (χ4v) is 5.83. The van der Waals surface area contributed by atoms with E-state index < -0.39 is 0 Å². The zero-order valence-electron chi connectivity index (χ0n) is 17.4. The van der Waals surface area contributed by atoms with Crippen molar-refractivity contribution in [3.8, 4) is 0 Å². The van der Waals surface area contributed by atoms with Gasteiger partial charge in [0, 0.05) is 0 Å². The highest BCUT2D eigenvalue weighted by atomic mass is 16.6. The van der Waals surface area contributed by atoms with Crippen LogP contribution in [0.2, 0.25) is 0 Å². The lowest BCUT2D eigenvalue weighted by Crippen LogP contribution is -2.43. The molecule has 0 amide bonds. The van der Waals surface area contributed by atoms with Crippen molar-refractivity contribution in [2.45, 2.75) is 86.2 Å². The van der Waals surface area contributed by atoms with Crippen LogP contribution in [0.1, 0.15) is 80.6 Å². The van der Waals surface area contributed by atoms with Gasteiger partial charge in [0.15, 0.2) is 0 Å². The maximum Gasteiger partial charge on any atom is 0.310 e. The van der Waals surface area contributed by atoms with Gasteiger partial charge in [-0.05, 0) is 73.5 Å². The Morgan fingerprint density at radius 1 is 1.16 bits per heavy atom. The first kappa shape index (κ1) is 19.0. The summed E-state index contributed by atoms with van der Waals surface area (Å²) < 4.78 is 6.30. The number of carbonyl (C=O) groups excluding carboxylic acids is 1. The van der Waals surface area contributed by atoms with Crippen molar-refractivity contribution in [2.24, 2.45) is 40.4 Å². The zero-order valence-corrected chi connectivity index (χ0v) is 17.4. The van der Waals surface area contributed by atoms with Crippen molar-refractivity contribution in [1.82, 2.24) is 0 Å². The van der Waals surface area contributed by atoms with Gasteiger partial charge in [0.1, 0.15) is 5.60 Å². The molecule has 0 aromatic heterocycles. The van der Waals surface area contributed by atoms with Gasteiger partial charge < -0.3 is 4.74 Å². The Bertz CT molecular complexity index is 547. The molecule has 6 unspecified atom stereocenters. The molecule has 2 nitrogen and oxygen atoms in total. The molecule has 0 radical (unpaired) electrons. The number of carbonyl (C=O) groups is 1. The van der Waals surface area contributed by atoms with Gasteiger partial charge in [-0.15, -0.1) is 0 Å². The van der Waals surface area contributed by atoms with Crippen molar-refractivity contribution < 1.29 is 9.53 Å². The monoisotopic (exact) mass is 346 g/mol. The second-order valence-electron chi connectivity index (χ2n) is 11.6. The van der Waals surface area contributed by atoms with Crippen molar-refractivity contribution >= 4 is 5.97 Å². The summed E-state index contributed by atoms with van der Waals surface area (Å²) in [5, 5.41) is 0. The highest BCUT2D eigenvalue weighted by Crippen LogP contribution is 2.57. The Morgan fingerprint density at radius 3 is 2.40 bits per heavy atom. The second kappa shape index (κ2) is 6.13. The molecule has 2 fully saturated rings. The summed E-state index contributed by atoms with van der Waals surface area (Å²) >= 11 is 0. The van der Waals surface area contributed by atoms with Gasteiger partial charge in [0.2, 0.25) is 0 Å². The van der Waals surface area contributed by atoms with Gasteiger partial charge in [-0.2, -0.15) is 0 Å². The third kappa shape index (κ3) is 3.98. The summed E-state index contributed by atoms with van der Waals surface area (Å²) in [6, 6.07) is 0. The molecular weight excluding hydrogens is 308 g/mol. The predicted molar refractivity (Wildman–Crippen MR) is 103 cm³/mol. The minimum absolute atomic E-state index is 0.0342. The van der Waals surface area contributed by atoms with Crippen molar-refractivity contribution in [2.75, 3.05) is 0 Å². The molecule has 142 valence electrons. The summed E-state index contributed by atoms with van der Waals surface area (Å²) in [5.74, 6) is 3.02. The molecule has 2 saturated carbocycles. The Morgan fingerprint density at radius 2 is 1.80 bits per heavy atom. The molecule has 0 spiro atoms. The molecule has 3 aliphatic carbocycles. The van der Waals surface area contributed by atoms with Crippen molar-refractivity contribution in [1.29, 1.82) is 0 Å². The van der Waals surface area contributed by atoms with Crippen LogP contribution in [0.5, 0.6) is 0 Å². The summed E-state index contributed by atoms with van der Waals surface area (Å²) in [6.45, 7) is 15.4. The molecule has 3 aliphatic rings. The van der Waals surface area contributed by atoms with Crippen LogP contribution >= 0.6 is 0 Å². The minimum Gasteiger partial charge on any atom is -0.459 e. The largest absolute Gasteiger partial charge is 0.459 e. The fraction of sp³-hybridized carbons (Fsp3) is 0.870. The maximum absolute atomic E-state index is 13.2. The first-order valence-electron chi connectivity index (χ1n) is 10.3. The van der Waals surface area contributed by atoms with Gasteiger partial charge in [-0.1, -0.05) is 53.7 Å².